The van der Waals surface area contributed by atoms with E-state index in [1.54, 1.807) is 23.1 Å². The van der Waals surface area contributed by atoms with Gasteiger partial charge in [0.05, 0.1) is 5.25 Å². The first-order valence-corrected chi connectivity index (χ1v) is 11.7. The summed E-state index contributed by atoms with van der Waals surface area (Å²) in [6.45, 7) is 1.99. The highest BCUT2D eigenvalue weighted by atomic mass is 32.2. The Balaban J connectivity index is 1.35. The molecular weight excluding hydrogens is 386 g/mol. The molecule has 2 aliphatic carbocycles. The number of ketones is 1. The number of thiophene rings is 1. The fourth-order valence-electron chi connectivity index (χ4n) is 3.95. The van der Waals surface area contributed by atoms with Crippen molar-refractivity contribution in [1.82, 2.24) is 14.8 Å². The quantitative estimate of drug-likeness (QED) is 0.401. The lowest BCUT2D eigenvalue weighted by Gasteiger charge is -2.13. The van der Waals surface area contributed by atoms with Crippen LogP contribution in [0.4, 0.5) is 0 Å². The molecule has 1 unspecified atom stereocenters. The molecule has 1 aromatic carbocycles. The highest BCUT2D eigenvalue weighted by Crippen LogP contribution is 2.40. The molecule has 5 rings (SSSR count). The second-order valence-electron chi connectivity index (χ2n) is 7.72. The van der Waals surface area contributed by atoms with Crippen molar-refractivity contribution in [3.63, 3.8) is 0 Å². The van der Waals surface area contributed by atoms with Gasteiger partial charge in [-0.3, -0.25) is 4.79 Å². The predicted octanol–water partition coefficient (Wildman–Crippen LogP) is 5.12. The van der Waals surface area contributed by atoms with Crippen LogP contribution < -0.4 is 0 Å². The molecule has 0 amide bonds. The summed E-state index contributed by atoms with van der Waals surface area (Å²) >= 11 is 3.30. The highest BCUT2D eigenvalue weighted by molar-refractivity contribution is 8.00. The SMILES string of the molecule is CC(Sc1nnc(Cc2cccs2)n1C1CC1)C(=O)c1ccc2c(c1)CCC2. The molecule has 4 nitrogen and oxygen atoms in total. The maximum absolute atomic E-state index is 13.0. The Morgan fingerprint density at radius 1 is 1.25 bits per heavy atom. The summed E-state index contributed by atoms with van der Waals surface area (Å²) in [4.78, 5) is 14.3. The van der Waals surface area contributed by atoms with Crippen molar-refractivity contribution in [2.45, 2.75) is 61.9 Å². The van der Waals surface area contributed by atoms with Gasteiger partial charge in [-0.1, -0.05) is 30.0 Å². The molecule has 2 heterocycles. The van der Waals surface area contributed by atoms with E-state index in [-0.39, 0.29) is 11.0 Å². The van der Waals surface area contributed by atoms with Crippen LogP contribution in [-0.2, 0) is 19.3 Å². The third-order valence-electron chi connectivity index (χ3n) is 5.59. The van der Waals surface area contributed by atoms with Crippen molar-refractivity contribution in [3.8, 4) is 0 Å². The Labute approximate surface area is 173 Å². The summed E-state index contributed by atoms with van der Waals surface area (Å²) in [6, 6.07) is 11.0. The molecule has 0 spiro atoms. The van der Waals surface area contributed by atoms with Crippen LogP contribution in [-0.4, -0.2) is 25.8 Å². The number of hydrogen-bond acceptors (Lipinski definition) is 5. The summed E-state index contributed by atoms with van der Waals surface area (Å²) in [7, 11) is 0. The van der Waals surface area contributed by atoms with Crippen LogP contribution in [0.25, 0.3) is 0 Å². The number of aromatic nitrogens is 3. The molecule has 0 aliphatic heterocycles. The van der Waals surface area contributed by atoms with E-state index >= 15 is 0 Å². The minimum atomic E-state index is -0.171. The topological polar surface area (TPSA) is 47.8 Å². The van der Waals surface area contributed by atoms with Gasteiger partial charge < -0.3 is 4.57 Å². The molecule has 0 radical (unpaired) electrons. The maximum atomic E-state index is 13.0. The fourth-order valence-corrected chi connectivity index (χ4v) is 5.67. The lowest BCUT2D eigenvalue weighted by molar-refractivity contribution is 0.0993. The number of thioether (sulfide) groups is 1. The zero-order chi connectivity index (χ0) is 19.1. The van der Waals surface area contributed by atoms with E-state index < -0.39 is 0 Å². The van der Waals surface area contributed by atoms with Crippen LogP contribution in [0.15, 0.2) is 40.9 Å². The van der Waals surface area contributed by atoms with Gasteiger partial charge in [-0.05, 0) is 67.7 Å². The highest BCUT2D eigenvalue weighted by Gasteiger charge is 2.31. The first-order chi connectivity index (χ1) is 13.7. The molecule has 144 valence electrons. The van der Waals surface area contributed by atoms with Crippen molar-refractivity contribution in [2.24, 2.45) is 0 Å². The largest absolute Gasteiger partial charge is 0.303 e. The second kappa shape index (κ2) is 7.48. The number of carbonyl (C=O) groups is 1. The van der Waals surface area contributed by atoms with E-state index in [4.69, 9.17) is 0 Å². The number of Topliss-reactive ketones (excluding diaryl/α,β-unsaturated/α-hetero) is 1. The maximum Gasteiger partial charge on any atom is 0.192 e. The van der Waals surface area contributed by atoms with Crippen molar-refractivity contribution in [2.75, 3.05) is 0 Å². The van der Waals surface area contributed by atoms with Gasteiger partial charge in [0.25, 0.3) is 0 Å². The van der Waals surface area contributed by atoms with Crippen LogP contribution in [0.5, 0.6) is 0 Å². The fraction of sp³-hybridized carbons (Fsp3) is 0.409. The molecule has 1 saturated carbocycles. The minimum Gasteiger partial charge on any atom is -0.303 e. The van der Waals surface area contributed by atoms with Gasteiger partial charge in [0.15, 0.2) is 10.9 Å². The molecular formula is C22H23N3OS2. The van der Waals surface area contributed by atoms with Crippen molar-refractivity contribution in [1.29, 1.82) is 0 Å². The zero-order valence-electron chi connectivity index (χ0n) is 15.9. The van der Waals surface area contributed by atoms with Crippen LogP contribution in [0.2, 0.25) is 0 Å². The van der Waals surface area contributed by atoms with Gasteiger partial charge in [0.1, 0.15) is 5.82 Å². The third-order valence-corrected chi connectivity index (χ3v) is 7.53. The van der Waals surface area contributed by atoms with E-state index in [0.717, 1.165) is 35.8 Å². The molecule has 3 aromatic rings. The predicted molar refractivity (Wildman–Crippen MR) is 114 cm³/mol. The van der Waals surface area contributed by atoms with Gasteiger partial charge in [0.2, 0.25) is 0 Å². The van der Waals surface area contributed by atoms with Gasteiger partial charge in [-0.2, -0.15) is 0 Å². The molecule has 0 bridgehead atoms. The van der Waals surface area contributed by atoms with Crippen LogP contribution in [0, 0.1) is 0 Å². The smallest absolute Gasteiger partial charge is 0.192 e. The number of carbonyl (C=O) groups excluding carboxylic acids is 1. The van der Waals surface area contributed by atoms with E-state index in [0.29, 0.717) is 6.04 Å². The first-order valence-electron chi connectivity index (χ1n) is 9.98. The third kappa shape index (κ3) is 3.55. The average Bonchev–Trinajstić information content (AvgIpc) is 3.10. The molecule has 0 saturated heterocycles. The van der Waals surface area contributed by atoms with Crippen molar-refractivity contribution < 1.29 is 4.79 Å². The number of fused-ring (bicyclic) bond motifs is 1. The minimum absolute atomic E-state index is 0.171. The van der Waals surface area contributed by atoms with Gasteiger partial charge >= 0.3 is 0 Å². The van der Waals surface area contributed by atoms with Crippen LogP contribution in [0.1, 0.15) is 64.4 Å². The molecule has 6 heteroatoms. The van der Waals surface area contributed by atoms with Crippen LogP contribution in [0.3, 0.4) is 0 Å². The van der Waals surface area contributed by atoms with Crippen molar-refractivity contribution in [3.05, 3.63) is 63.1 Å². The Hall–Kier alpha value is -1.92. The number of aryl methyl sites for hydroxylation is 2. The van der Waals surface area contributed by atoms with E-state index in [1.807, 2.05) is 13.0 Å². The normalized spacial score (nSPS) is 16.9. The van der Waals surface area contributed by atoms with E-state index in [9.17, 15) is 4.79 Å². The summed E-state index contributed by atoms with van der Waals surface area (Å²) in [6.07, 6.45) is 6.61. The van der Waals surface area contributed by atoms with Crippen LogP contribution >= 0.6 is 23.1 Å². The standard InChI is InChI=1S/C22H23N3OS2/c1-14(21(26)17-8-7-15-4-2-5-16(15)12-17)28-22-24-23-20(25(22)18-9-10-18)13-19-6-3-11-27-19/h3,6-8,11-12,14,18H,2,4-5,9-10,13H2,1H3. The van der Waals surface area contributed by atoms with E-state index in [2.05, 4.69) is 44.4 Å². The Morgan fingerprint density at radius 3 is 2.89 bits per heavy atom. The molecule has 1 fully saturated rings. The van der Waals surface area contributed by atoms with E-state index in [1.165, 1.54) is 35.3 Å². The number of hydrogen-bond donors (Lipinski definition) is 0. The lowest BCUT2D eigenvalue weighted by atomic mass is 10.0. The van der Waals surface area contributed by atoms with Gasteiger partial charge in [-0.15, -0.1) is 21.5 Å². The van der Waals surface area contributed by atoms with Crippen molar-refractivity contribution >= 4 is 28.9 Å². The number of nitrogens with zero attached hydrogens (tertiary/aromatic N) is 3. The molecule has 28 heavy (non-hydrogen) atoms. The lowest BCUT2D eigenvalue weighted by Crippen LogP contribution is -2.15. The molecule has 2 aliphatic rings. The Morgan fingerprint density at radius 2 is 2.11 bits per heavy atom. The number of benzene rings is 1. The molecule has 0 N–H and O–H groups in total. The van der Waals surface area contributed by atoms with Gasteiger partial charge in [0, 0.05) is 22.9 Å². The first kappa shape index (κ1) is 18.1. The zero-order valence-corrected chi connectivity index (χ0v) is 17.6. The summed E-state index contributed by atoms with van der Waals surface area (Å²) < 4.78 is 2.27. The number of rotatable bonds is 7. The Bertz CT molecular complexity index is 1000. The average molecular weight is 410 g/mol. The molecule has 1 atom stereocenters. The summed E-state index contributed by atoms with van der Waals surface area (Å²) in [5, 5.41) is 11.7. The monoisotopic (exact) mass is 409 g/mol. The summed E-state index contributed by atoms with van der Waals surface area (Å²) in [5.74, 6) is 1.20. The van der Waals surface area contributed by atoms with Gasteiger partial charge in [-0.25, -0.2) is 0 Å². The summed E-state index contributed by atoms with van der Waals surface area (Å²) in [5.41, 5.74) is 3.59. The molecule has 2 aromatic heterocycles. The Kier molecular flexibility index (Phi) is 4.85. The second-order valence-corrected chi connectivity index (χ2v) is 10.1.